The fraction of sp³-hybridized carbons (Fsp3) is 0.476. The Morgan fingerprint density at radius 1 is 1.35 bits per heavy atom. The Morgan fingerprint density at radius 2 is 2.19 bits per heavy atom. The van der Waals surface area contributed by atoms with Crippen LogP contribution in [0.2, 0.25) is 0 Å². The molecule has 0 bridgehead atoms. The van der Waals surface area contributed by atoms with Crippen LogP contribution in [0.4, 0.5) is 0 Å². The van der Waals surface area contributed by atoms with E-state index in [-0.39, 0.29) is 18.0 Å². The molecule has 3 aliphatic heterocycles. The highest BCUT2D eigenvalue weighted by atomic mass is 16.5. The van der Waals surface area contributed by atoms with Crippen LogP contribution >= 0.6 is 0 Å². The molecule has 1 aromatic carbocycles. The standard InChI is InChI=1S/C21H24N2O3/c1-12-16-10-23-8-7-14-13-5-3-4-6-18(13)22-20(14)19(23)9-15(16)17(11-26-12)21(24)25-2/h3-6,11-12,15-16,19,22H,7-10H2,1-2H3/t12?,15-,16+,19-/m1/s1. The van der Waals surface area contributed by atoms with E-state index in [1.165, 1.54) is 29.3 Å². The molecular weight excluding hydrogens is 328 g/mol. The molecule has 1 N–H and O–H groups in total. The summed E-state index contributed by atoms with van der Waals surface area (Å²) in [7, 11) is 1.45. The van der Waals surface area contributed by atoms with E-state index < -0.39 is 0 Å². The summed E-state index contributed by atoms with van der Waals surface area (Å²) < 4.78 is 10.8. The molecule has 5 heteroatoms. The molecule has 4 atom stereocenters. The fourth-order valence-corrected chi connectivity index (χ4v) is 5.19. The van der Waals surface area contributed by atoms with Gasteiger partial charge in [0.2, 0.25) is 0 Å². The van der Waals surface area contributed by atoms with E-state index in [1.807, 2.05) is 0 Å². The predicted molar refractivity (Wildman–Crippen MR) is 98.6 cm³/mol. The summed E-state index contributed by atoms with van der Waals surface area (Å²) in [4.78, 5) is 18.5. The van der Waals surface area contributed by atoms with Crippen molar-refractivity contribution >= 4 is 16.9 Å². The molecule has 1 unspecified atom stereocenters. The summed E-state index contributed by atoms with van der Waals surface area (Å²) in [6.45, 7) is 4.13. The van der Waals surface area contributed by atoms with E-state index in [9.17, 15) is 4.79 Å². The number of aromatic amines is 1. The summed E-state index contributed by atoms with van der Waals surface area (Å²) in [5, 5.41) is 1.34. The number of rotatable bonds is 1. The first-order valence-corrected chi connectivity index (χ1v) is 9.44. The molecule has 5 rings (SSSR count). The molecule has 3 aliphatic rings. The van der Waals surface area contributed by atoms with Gasteiger partial charge in [0.1, 0.15) is 0 Å². The molecule has 0 radical (unpaired) electrons. The fourth-order valence-electron chi connectivity index (χ4n) is 5.19. The minimum Gasteiger partial charge on any atom is -0.497 e. The van der Waals surface area contributed by atoms with Crippen molar-refractivity contribution in [2.75, 3.05) is 20.2 Å². The average molecular weight is 352 g/mol. The normalized spacial score (nSPS) is 30.6. The lowest BCUT2D eigenvalue weighted by Crippen LogP contribution is -2.51. The molecule has 0 spiro atoms. The van der Waals surface area contributed by atoms with Crippen molar-refractivity contribution in [3.63, 3.8) is 0 Å². The summed E-state index contributed by atoms with van der Waals surface area (Å²) in [5.74, 6) is 0.258. The Kier molecular flexibility index (Phi) is 3.60. The summed E-state index contributed by atoms with van der Waals surface area (Å²) >= 11 is 0. The third kappa shape index (κ3) is 2.23. The van der Waals surface area contributed by atoms with Crippen molar-refractivity contribution in [3.05, 3.63) is 47.4 Å². The van der Waals surface area contributed by atoms with Crippen LogP contribution in [-0.2, 0) is 20.7 Å². The molecule has 1 saturated heterocycles. The molecule has 26 heavy (non-hydrogen) atoms. The van der Waals surface area contributed by atoms with Crippen molar-refractivity contribution in [2.45, 2.75) is 31.9 Å². The van der Waals surface area contributed by atoms with Gasteiger partial charge in [0.25, 0.3) is 0 Å². The first-order valence-electron chi connectivity index (χ1n) is 9.44. The highest BCUT2D eigenvalue weighted by molar-refractivity contribution is 5.89. The lowest BCUT2D eigenvalue weighted by molar-refractivity contribution is -0.139. The molecule has 1 aromatic heterocycles. The van der Waals surface area contributed by atoms with Gasteiger partial charge in [-0.05, 0) is 31.4 Å². The molecule has 0 aliphatic carbocycles. The van der Waals surface area contributed by atoms with Crippen LogP contribution in [-0.4, -0.2) is 42.2 Å². The number of nitrogens with zero attached hydrogens (tertiary/aromatic N) is 1. The molecule has 2 aromatic rings. The lowest BCUT2D eigenvalue weighted by Gasteiger charge is -2.49. The van der Waals surface area contributed by atoms with Gasteiger partial charge >= 0.3 is 5.97 Å². The zero-order valence-electron chi connectivity index (χ0n) is 15.2. The molecule has 5 nitrogen and oxygen atoms in total. The Morgan fingerprint density at radius 3 is 3.04 bits per heavy atom. The van der Waals surface area contributed by atoms with Crippen LogP contribution in [0.1, 0.15) is 30.6 Å². The van der Waals surface area contributed by atoms with Gasteiger partial charge < -0.3 is 14.5 Å². The van der Waals surface area contributed by atoms with Gasteiger partial charge in [0.05, 0.1) is 31.1 Å². The van der Waals surface area contributed by atoms with Crippen molar-refractivity contribution in [1.29, 1.82) is 0 Å². The third-order valence-corrected chi connectivity index (χ3v) is 6.54. The smallest absolute Gasteiger partial charge is 0.337 e. The number of benzene rings is 1. The Balaban J connectivity index is 1.55. The minimum absolute atomic E-state index is 0.124. The zero-order valence-corrected chi connectivity index (χ0v) is 15.2. The number of fused-ring (bicyclic) bond motifs is 6. The number of para-hydroxylation sites is 1. The van der Waals surface area contributed by atoms with Crippen molar-refractivity contribution < 1.29 is 14.3 Å². The zero-order chi connectivity index (χ0) is 17.8. The topological polar surface area (TPSA) is 54.6 Å². The van der Waals surface area contributed by atoms with Crippen LogP contribution in [0.25, 0.3) is 10.9 Å². The Labute approximate surface area is 153 Å². The molecule has 0 saturated carbocycles. The number of piperidine rings is 1. The van der Waals surface area contributed by atoms with E-state index in [2.05, 4.69) is 41.1 Å². The second kappa shape index (κ2) is 5.88. The van der Waals surface area contributed by atoms with Gasteiger partial charge in [-0.3, -0.25) is 4.90 Å². The summed E-state index contributed by atoms with van der Waals surface area (Å²) in [6.07, 6.45) is 3.77. The van der Waals surface area contributed by atoms with Crippen molar-refractivity contribution in [3.8, 4) is 0 Å². The third-order valence-electron chi connectivity index (χ3n) is 6.54. The van der Waals surface area contributed by atoms with Crippen LogP contribution in [0.3, 0.4) is 0 Å². The largest absolute Gasteiger partial charge is 0.497 e. The Bertz CT molecular complexity index is 900. The number of methoxy groups -OCH3 is 1. The number of carbonyl (C=O) groups excluding carboxylic acids is 1. The molecular formula is C21H24N2O3. The van der Waals surface area contributed by atoms with E-state index in [4.69, 9.17) is 9.47 Å². The van der Waals surface area contributed by atoms with Crippen LogP contribution in [0, 0.1) is 11.8 Å². The second-order valence-electron chi connectivity index (χ2n) is 7.74. The number of H-pyrrole nitrogens is 1. The van der Waals surface area contributed by atoms with Gasteiger partial charge in [0, 0.05) is 41.5 Å². The first kappa shape index (κ1) is 15.9. The average Bonchev–Trinajstić information content (AvgIpc) is 3.06. The van der Waals surface area contributed by atoms with E-state index in [0.29, 0.717) is 17.5 Å². The van der Waals surface area contributed by atoms with Gasteiger partial charge in [-0.25, -0.2) is 4.79 Å². The number of aromatic nitrogens is 1. The number of esters is 1. The maximum Gasteiger partial charge on any atom is 0.337 e. The highest BCUT2D eigenvalue weighted by Crippen LogP contribution is 2.47. The maximum atomic E-state index is 12.3. The number of hydrogen-bond acceptors (Lipinski definition) is 4. The van der Waals surface area contributed by atoms with Gasteiger partial charge in [-0.15, -0.1) is 0 Å². The van der Waals surface area contributed by atoms with E-state index >= 15 is 0 Å². The summed E-state index contributed by atoms with van der Waals surface area (Å²) in [5.41, 5.74) is 4.69. The molecule has 1 fully saturated rings. The highest BCUT2D eigenvalue weighted by Gasteiger charge is 2.46. The predicted octanol–water partition coefficient (Wildman–Crippen LogP) is 3.18. The van der Waals surface area contributed by atoms with E-state index in [0.717, 1.165) is 25.9 Å². The van der Waals surface area contributed by atoms with Gasteiger partial charge in [-0.1, -0.05) is 18.2 Å². The van der Waals surface area contributed by atoms with Crippen molar-refractivity contribution in [1.82, 2.24) is 9.88 Å². The summed E-state index contributed by atoms with van der Waals surface area (Å²) in [6, 6.07) is 8.88. The Hall–Kier alpha value is -2.27. The number of hydrogen-bond donors (Lipinski definition) is 1. The van der Waals surface area contributed by atoms with Crippen LogP contribution in [0.5, 0.6) is 0 Å². The molecule has 4 heterocycles. The maximum absolute atomic E-state index is 12.3. The molecule has 136 valence electrons. The lowest BCUT2D eigenvalue weighted by atomic mass is 9.72. The molecule has 0 amide bonds. The number of ether oxygens (including phenoxy) is 2. The number of carbonyl (C=O) groups is 1. The quantitative estimate of drug-likeness (QED) is 0.801. The van der Waals surface area contributed by atoms with Crippen LogP contribution in [0.15, 0.2) is 36.1 Å². The first-order chi connectivity index (χ1) is 12.7. The van der Waals surface area contributed by atoms with E-state index in [1.54, 1.807) is 6.26 Å². The second-order valence-corrected chi connectivity index (χ2v) is 7.74. The van der Waals surface area contributed by atoms with Crippen molar-refractivity contribution in [2.24, 2.45) is 11.8 Å². The number of nitrogens with one attached hydrogen (secondary N) is 1. The monoisotopic (exact) mass is 352 g/mol. The van der Waals surface area contributed by atoms with Gasteiger partial charge in [0.15, 0.2) is 0 Å². The minimum atomic E-state index is -0.256. The van der Waals surface area contributed by atoms with Crippen LogP contribution < -0.4 is 0 Å². The van der Waals surface area contributed by atoms with Gasteiger partial charge in [-0.2, -0.15) is 0 Å². The SMILES string of the molecule is COC(=O)C1=COC(C)[C@@H]2CN3CCc4c([nH]c5ccccc45)[C@H]3C[C@@H]12.